The van der Waals surface area contributed by atoms with E-state index in [-0.39, 0.29) is 6.54 Å². The van der Waals surface area contributed by atoms with E-state index in [4.69, 9.17) is 0 Å². The van der Waals surface area contributed by atoms with Crippen LogP contribution in [0.4, 0.5) is 0 Å². The van der Waals surface area contributed by atoms with Crippen molar-refractivity contribution in [3.63, 3.8) is 0 Å². The van der Waals surface area contributed by atoms with Crippen LogP contribution in [0, 0.1) is 0 Å². The molecular formula is C20H40NO3P. The minimum absolute atomic E-state index is 0.143. The third-order valence-electron chi connectivity index (χ3n) is 4.51. The molecule has 5 heteroatoms. The monoisotopic (exact) mass is 373 g/mol. The average Bonchev–Trinajstić information content (AvgIpc) is 2.59. The summed E-state index contributed by atoms with van der Waals surface area (Å²) in [6.45, 7) is 2.40. The van der Waals surface area contributed by atoms with Gasteiger partial charge < -0.3 is 5.11 Å². The van der Waals surface area contributed by atoms with E-state index in [1.807, 2.05) is 0 Å². The molecule has 0 saturated heterocycles. The minimum atomic E-state index is -2.59. The molecule has 0 heterocycles. The Bertz CT molecular complexity index is 362. The van der Waals surface area contributed by atoms with E-state index in [2.05, 4.69) is 24.2 Å². The molecule has 0 aromatic carbocycles. The zero-order valence-electron chi connectivity index (χ0n) is 16.3. The Hall–Kier alpha value is -0.440. The van der Waals surface area contributed by atoms with Crippen molar-refractivity contribution >= 4 is 7.83 Å². The van der Waals surface area contributed by atoms with Crippen LogP contribution in [0.1, 0.15) is 103 Å². The number of nitrogens with one attached hydrogen (secondary N) is 1. The lowest BCUT2D eigenvalue weighted by Crippen LogP contribution is -2.20. The second-order valence-electron chi connectivity index (χ2n) is 7.00. The number of aliphatic hydroxyl groups excluding tert-OH is 1. The van der Waals surface area contributed by atoms with Gasteiger partial charge in [0.05, 0.1) is 6.10 Å². The predicted molar refractivity (Wildman–Crippen MR) is 106 cm³/mol. The Kier molecular flexibility index (Phi) is 19.5. The maximum Gasteiger partial charge on any atom is 0.396 e. The Morgan fingerprint density at radius 3 is 1.80 bits per heavy atom. The van der Waals surface area contributed by atoms with Crippen LogP contribution in [0.25, 0.3) is 0 Å². The molecule has 0 aliphatic rings. The standard InChI is InChI=1S/C20H40NO3P/c1-2-3-4-5-6-7-8-9-10-11-12-13-14-15-16-17-18-20(22)19-21-25(23)24/h9-10,20,22H,2-8,11-19H2,1H3,(H,21,23,24). The van der Waals surface area contributed by atoms with E-state index < -0.39 is 13.9 Å². The van der Waals surface area contributed by atoms with Crippen LogP contribution in [-0.4, -0.2) is 17.8 Å². The minimum Gasteiger partial charge on any atom is -0.392 e. The second-order valence-corrected chi connectivity index (χ2v) is 7.83. The molecular weight excluding hydrogens is 333 g/mol. The molecule has 0 radical (unpaired) electrons. The van der Waals surface area contributed by atoms with Gasteiger partial charge in [-0.05, 0) is 32.1 Å². The molecule has 1 atom stereocenters. The molecule has 0 bridgehead atoms. The molecule has 148 valence electrons. The van der Waals surface area contributed by atoms with Crippen molar-refractivity contribution in [3.05, 3.63) is 12.2 Å². The largest absolute Gasteiger partial charge is 0.396 e. The Labute approximate surface area is 155 Å². The van der Waals surface area contributed by atoms with Crippen molar-refractivity contribution in [2.75, 3.05) is 6.54 Å². The van der Waals surface area contributed by atoms with Crippen molar-refractivity contribution in [1.29, 1.82) is 0 Å². The number of rotatable bonds is 19. The van der Waals surface area contributed by atoms with Crippen LogP contribution in [-0.2, 0) is 9.13 Å². The molecule has 0 rings (SSSR count). The molecule has 0 amide bonds. The van der Waals surface area contributed by atoms with Gasteiger partial charge in [-0.25, -0.2) is 14.2 Å². The summed E-state index contributed by atoms with van der Waals surface area (Å²) in [4.78, 5) is 0. The smallest absolute Gasteiger partial charge is 0.392 e. The number of hydrogen-bond donors (Lipinski definition) is 2. The highest BCUT2D eigenvalue weighted by Crippen LogP contribution is 2.11. The van der Waals surface area contributed by atoms with Gasteiger partial charge in [-0.3, -0.25) is 0 Å². The van der Waals surface area contributed by atoms with E-state index in [0.29, 0.717) is 6.42 Å². The topological polar surface area (TPSA) is 66.4 Å². The molecule has 0 aromatic rings. The van der Waals surface area contributed by atoms with Crippen molar-refractivity contribution in [1.82, 2.24) is 5.09 Å². The first-order valence-electron chi connectivity index (χ1n) is 10.4. The summed E-state index contributed by atoms with van der Waals surface area (Å²) in [7, 11) is -2.59. The first-order chi connectivity index (χ1) is 12.2. The lowest BCUT2D eigenvalue weighted by atomic mass is 10.1. The molecule has 4 nitrogen and oxygen atoms in total. The van der Waals surface area contributed by atoms with Crippen molar-refractivity contribution in [3.8, 4) is 0 Å². The lowest BCUT2D eigenvalue weighted by Gasteiger charge is -2.08. The fourth-order valence-corrected chi connectivity index (χ4v) is 3.27. The Morgan fingerprint density at radius 1 is 0.800 bits per heavy atom. The second kappa shape index (κ2) is 19.9. The van der Waals surface area contributed by atoms with Gasteiger partial charge in [-0.2, -0.15) is 0 Å². The fraction of sp³-hybridized carbons (Fsp3) is 0.900. The molecule has 25 heavy (non-hydrogen) atoms. The van der Waals surface area contributed by atoms with Crippen LogP contribution in [0.15, 0.2) is 12.2 Å². The molecule has 0 aliphatic heterocycles. The first kappa shape index (κ1) is 24.6. The van der Waals surface area contributed by atoms with Gasteiger partial charge in [-0.1, -0.05) is 83.3 Å². The summed E-state index contributed by atoms with van der Waals surface area (Å²) < 4.78 is 20.7. The predicted octanol–water partition coefficient (Wildman–Crippen LogP) is 6.45. The summed E-state index contributed by atoms with van der Waals surface area (Å²) in [5.41, 5.74) is 0. The maximum atomic E-state index is 10.3. The van der Waals surface area contributed by atoms with Gasteiger partial charge in [-0.15, -0.1) is 0 Å². The number of aliphatic hydroxyl groups is 1. The number of hydrogen-bond acceptors (Lipinski definition) is 3. The summed E-state index contributed by atoms with van der Waals surface area (Å²) in [6.07, 6.45) is 22.6. The highest BCUT2D eigenvalue weighted by molar-refractivity contribution is 7.28. The quantitative estimate of drug-likeness (QED) is 0.155. The maximum absolute atomic E-state index is 10.3. The van der Waals surface area contributed by atoms with Gasteiger partial charge in [0.2, 0.25) is 0 Å². The SMILES string of the molecule is CCCCCCCCC=CCCCCCCCCC(O)CNP(=O)=O. The summed E-state index contributed by atoms with van der Waals surface area (Å²) >= 11 is 0. The van der Waals surface area contributed by atoms with E-state index >= 15 is 0 Å². The first-order valence-corrected chi connectivity index (χ1v) is 11.6. The van der Waals surface area contributed by atoms with Crippen molar-refractivity contribution in [2.24, 2.45) is 0 Å². The van der Waals surface area contributed by atoms with E-state index in [1.165, 1.54) is 77.0 Å². The Morgan fingerprint density at radius 2 is 1.28 bits per heavy atom. The number of allylic oxidation sites excluding steroid dienone is 2. The fourth-order valence-electron chi connectivity index (χ4n) is 2.91. The van der Waals surface area contributed by atoms with E-state index in [1.54, 1.807) is 0 Å². The van der Waals surface area contributed by atoms with Crippen molar-refractivity contribution in [2.45, 2.75) is 109 Å². The zero-order valence-corrected chi connectivity index (χ0v) is 17.2. The van der Waals surface area contributed by atoms with E-state index in [9.17, 15) is 14.2 Å². The van der Waals surface area contributed by atoms with Crippen LogP contribution < -0.4 is 5.09 Å². The van der Waals surface area contributed by atoms with Crippen LogP contribution >= 0.6 is 7.83 Å². The third-order valence-corrected chi connectivity index (χ3v) is 4.95. The third kappa shape index (κ3) is 21.5. The molecule has 0 aliphatic carbocycles. The van der Waals surface area contributed by atoms with E-state index in [0.717, 1.165) is 12.8 Å². The zero-order chi connectivity index (χ0) is 18.6. The molecule has 0 fully saturated rings. The number of unbranched alkanes of at least 4 members (excludes halogenated alkanes) is 12. The highest BCUT2D eigenvalue weighted by Gasteiger charge is 2.04. The summed E-state index contributed by atoms with van der Waals surface area (Å²) in [6, 6.07) is 0. The lowest BCUT2D eigenvalue weighted by molar-refractivity contribution is 0.164. The Balaban J connectivity index is 3.19. The van der Waals surface area contributed by atoms with Gasteiger partial charge in [0.25, 0.3) is 0 Å². The van der Waals surface area contributed by atoms with Crippen LogP contribution in [0.2, 0.25) is 0 Å². The molecule has 2 N–H and O–H groups in total. The normalized spacial score (nSPS) is 12.7. The highest BCUT2D eigenvalue weighted by atomic mass is 31.1. The van der Waals surface area contributed by atoms with Gasteiger partial charge >= 0.3 is 7.83 Å². The molecule has 0 saturated carbocycles. The summed E-state index contributed by atoms with van der Waals surface area (Å²) in [5, 5.41) is 11.8. The van der Waals surface area contributed by atoms with Gasteiger partial charge in [0.15, 0.2) is 0 Å². The molecule has 1 unspecified atom stereocenters. The van der Waals surface area contributed by atoms with Gasteiger partial charge in [0.1, 0.15) is 0 Å². The van der Waals surface area contributed by atoms with Crippen molar-refractivity contribution < 1.29 is 14.2 Å². The molecule has 0 aromatic heterocycles. The van der Waals surface area contributed by atoms with Crippen LogP contribution in [0.3, 0.4) is 0 Å². The average molecular weight is 374 g/mol. The van der Waals surface area contributed by atoms with Crippen LogP contribution in [0.5, 0.6) is 0 Å². The molecule has 0 spiro atoms. The summed E-state index contributed by atoms with van der Waals surface area (Å²) in [5.74, 6) is 0. The van der Waals surface area contributed by atoms with Gasteiger partial charge in [0, 0.05) is 6.54 Å².